The van der Waals surface area contributed by atoms with E-state index in [1.165, 1.54) is 6.07 Å². The number of likely N-dealkylation sites (tertiary alicyclic amines) is 1. The lowest BCUT2D eigenvalue weighted by Gasteiger charge is -2.33. The lowest BCUT2D eigenvalue weighted by atomic mass is 9.91. The topological polar surface area (TPSA) is 93.6 Å². The molecule has 6 heteroatoms. The number of carbonyl (C=O) groups excluding carboxylic acids is 1. The second-order valence-corrected chi connectivity index (χ2v) is 4.81. The van der Waals surface area contributed by atoms with Crippen molar-refractivity contribution in [3.63, 3.8) is 0 Å². The summed E-state index contributed by atoms with van der Waals surface area (Å²) in [4.78, 5) is 27.5. The summed E-state index contributed by atoms with van der Waals surface area (Å²) in [5.74, 6) is -0.168. The van der Waals surface area contributed by atoms with E-state index >= 15 is 0 Å². The Morgan fingerprint density at radius 3 is 2.68 bits per heavy atom. The highest BCUT2D eigenvalue weighted by Crippen LogP contribution is 2.21. The molecule has 1 unspecified atom stereocenters. The standard InChI is InChI=1S/C13H18N2O4/c16-8-11(17)9-4-6-15(7-5-9)13(19)10-2-1-3-12(18)14-10/h1-3,9,11,16-17H,4-8H2,(H,14,18). The molecule has 3 N–H and O–H groups in total. The molecular formula is C13H18N2O4. The molecule has 1 atom stereocenters. The molecule has 1 aromatic rings. The van der Waals surface area contributed by atoms with Gasteiger partial charge in [-0.05, 0) is 24.8 Å². The number of piperidine rings is 1. The van der Waals surface area contributed by atoms with Crippen LogP contribution in [0.5, 0.6) is 0 Å². The largest absolute Gasteiger partial charge is 0.394 e. The predicted molar refractivity (Wildman–Crippen MR) is 68.8 cm³/mol. The number of aromatic amines is 1. The molecule has 1 fully saturated rings. The average molecular weight is 266 g/mol. The van der Waals surface area contributed by atoms with Gasteiger partial charge in [0.05, 0.1) is 12.7 Å². The minimum Gasteiger partial charge on any atom is -0.394 e. The van der Waals surface area contributed by atoms with Crippen molar-refractivity contribution >= 4 is 5.91 Å². The molecule has 0 saturated carbocycles. The van der Waals surface area contributed by atoms with Gasteiger partial charge < -0.3 is 20.1 Å². The first-order valence-corrected chi connectivity index (χ1v) is 6.39. The molecule has 1 aliphatic rings. The van der Waals surface area contributed by atoms with Gasteiger partial charge in [-0.2, -0.15) is 0 Å². The number of H-pyrrole nitrogens is 1. The predicted octanol–water partition coefficient (Wildman–Crippen LogP) is -0.420. The quantitative estimate of drug-likeness (QED) is 0.692. The first-order chi connectivity index (χ1) is 9.11. The van der Waals surface area contributed by atoms with Crippen molar-refractivity contribution in [3.05, 3.63) is 34.2 Å². The van der Waals surface area contributed by atoms with Crippen molar-refractivity contribution in [3.8, 4) is 0 Å². The summed E-state index contributed by atoms with van der Waals surface area (Å²) < 4.78 is 0. The van der Waals surface area contributed by atoms with Crippen molar-refractivity contribution in [2.24, 2.45) is 5.92 Å². The first kappa shape index (κ1) is 13.8. The highest BCUT2D eigenvalue weighted by Gasteiger charge is 2.27. The van der Waals surface area contributed by atoms with Crippen LogP contribution in [0.15, 0.2) is 23.0 Å². The van der Waals surface area contributed by atoms with E-state index in [4.69, 9.17) is 5.11 Å². The van der Waals surface area contributed by atoms with E-state index < -0.39 is 6.10 Å². The summed E-state index contributed by atoms with van der Waals surface area (Å²) in [5, 5.41) is 18.5. The minimum absolute atomic E-state index is 0.0314. The van der Waals surface area contributed by atoms with Crippen molar-refractivity contribution in [1.82, 2.24) is 9.88 Å². The third kappa shape index (κ3) is 3.21. The van der Waals surface area contributed by atoms with Crippen LogP contribution in [0.25, 0.3) is 0 Å². The van der Waals surface area contributed by atoms with Crippen molar-refractivity contribution in [1.29, 1.82) is 0 Å². The van der Waals surface area contributed by atoms with Crippen LogP contribution in [-0.2, 0) is 0 Å². The van der Waals surface area contributed by atoms with E-state index in [2.05, 4.69) is 4.98 Å². The molecule has 0 radical (unpaired) electrons. The summed E-state index contributed by atoms with van der Waals surface area (Å²) in [7, 11) is 0. The van der Waals surface area contributed by atoms with Gasteiger partial charge in [0.1, 0.15) is 5.69 Å². The Bertz CT molecular complexity index is 491. The number of hydrogen-bond acceptors (Lipinski definition) is 4. The second kappa shape index (κ2) is 5.99. The van der Waals surface area contributed by atoms with E-state index in [0.29, 0.717) is 25.9 Å². The molecule has 1 aromatic heterocycles. The number of rotatable bonds is 3. The number of nitrogens with one attached hydrogen (secondary N) is 1. The summed E-state index contributed by atoms with van der Waals surface area (Å²) in [5.41, 5.74) is -0.00917. The van der Waals surface area contributed by atoms with Gasteiger partial charge >= 0.3 is 0 Å². The molecule has 2 rings (SSSR count). The molecule has 0 aliphatic carbocycles. The second-order valence-electron chi connectivity index (χ2n) is 4.81. The maximum Gasteiger partial charge on any atom is 0.270 e. The monoisotopic (exact) mass is 266 g/mol. The number of aliphatic hydroxyl groups is 2. The maximum absolute atomic E-state index is 12.1. The molecule has 104 valence electrons. The Hall–Kier alpha value is -1.66. The van der Waals surface area contributed by atoms with Crippen LogP contribution in [0, 0.1) is 5.92 Å². The minimum atomic E-state index is -0.714. The van der Waals surface area contributed by atoms with Crippen LogP contribution < -0.4 is 5.56 Å². The Morgan fingerprint density at radius 2 is 2.11 bits per heavy atom. The van der Waals surface area contributed by atoms with Gasteiger partial charge in [-0.25, -0.2) is 0 Å². The third-order valence-corrected chi connectivity index (χ3v) is 3.56. The summed E-state index contributed by atoms with van der Waals surface area (Å²) in [6, 6.07) is 4.49. The molecular weight excluding hydrogens is 248 g/mol. The third-order valence-electron chi connectivity index (χ3n) is 3.56. The molecule has 1 saturated heterocycles. The molecule has 0 aromatic carbocycles. The van der Waals surface area contributed by atoms with Gasteiger partial charge in [-0.3, -0.25) is 9.59 Å². The SMILES string of the molecule is O=C(c1cccc(=O)[nH]1)N1CCC(C(O)CO)CC1. The summed E-state index contributed by atoms with van der Waals surface area (Å²) in [6.45, 7) is 0.805. The average Bonchev–Trinajstić information content (AvgIpc) is 2.46. The van der Waals surface area contributed by atoms with Gasteiger partial charge in [-0.1, -0.05) is 6.07 Å². The van der Waals surface area contributed by atoms with Crippen LogP contribution in [0.1, 0.15) is 23.3 Å². The summed E-state index contributed by atoms with van der Waals surface area (Å²) >= 11 is 0. The normalized spacial score (nSPS) is 18.3. The number of aromatic nitrogens is 1. The van der Waals surface area contributed by atoms with Crippen LogP contribution >= 0.6 is 0 Å². The number of amides is 1. The van der Waals surface area contributed by atoms with Gasteiger partial charge in [0.2, 0.25) is 5.56 Å². The fourth-order valence-electron chi connectivity index (χ4n) is 2.38. The van der Waals surface area contributed by atoms with Gasteiger partial charge in [0, 0.05) is 19.2 Å². The van der Waals surface area contributed by atoms with Gasteiger partial charge in [0.25, 0.3) is 5.91 Å². The Kier molecular flexibility index (Phi) is 4.34. The smallest absolute Gasteiger partial charge is 0.270 e. The lowest BCUT2D eigenvalue weighted by Crippen LogP contribution is -2.42. The lowest BCUT2D eigenvalue weighted by molar-refractivity contribution is 0.0177. The number of pyridine rings is 1. The first-order valence-electron chi connectivity index (χ1n) is 6.39. The van der Waals surface area contributed by atoms with E-state index in [9.17, 15) is 14.7 Å². The molecule has 2 heterocycles. The Labute approximate surface area is 110 Å². The van der Waals surface area contributed by atoms with Crippen LogP contribution in [0.4, 0.5) is 0 Å². The number of hydrogen-bond donors (Lipinski definition) is 3. The van der Waals surface area contributed by atoms with Crippen LogP contribution in [0.2, 0.25) is 0 Å². The van der Waals surface area contributed by atoms with Crippen molar-refractivity contribution < 1.29 is 15.0 Å². The fourth-order valence-corrected chi connectivity index (χ4v) is 2.38. The van der Waals surface area contributed by atoms with E-state index in [1.807, 2.05) is 0 Å². The zero-order valence-corrected chi connectivity index (χ0v) is 10.6. The Morgan fingerprint density at radius 1 is 1.42 bits per heavy atom. The zero-order chi connectivity index (χ0) is 13.8. The van der Waals surface area contributed by atoms with Gasteiger partial charge in [0.15, 0.2) is 0 Å². The molecule has 1 amide bonds. The highest BCUT2D eigenvalue weighted by atomic mass is 16.3. The Balaban J connectivity index is 1.98. The van der Waals surface area contributed by atoms with Crippen molar-refractivity contribution in [2.45, 2.75) is 18.9 Å². The summed E-state index contributed by atoms with van der Waals surface area (Å²) in [6.07, 6.45) is 0.600. The molecule has 19 heavy (non-hydrogen) atoms. The van der Waals surface area contributed by atoms with E-state index in [-0.39, 0.29) is 29.7 Å². The number of aliphatic hydroxyl groups excluding tert-OH is 2. The molecule has 1 aliphatic heterocycles. The van der Waals surface area contributed by atoms with Crippen molar-refractivity contribution in [2.75, 3.05) is 19.7 Å². The molecule has 0 bridgehead atoms. The number of carbonyl (C=O) groups is 1. The highest BCUT2D eigenvalue weighted by molar-refractivity contribution is 5.92. The fraction of sp³-hybridized carbons (Fsp3) is 0.538. The zero-order valence-electron chi connectivity index (χ0n) is 10.6. The van der Waals surface area contributed by atoms with Crippen LogP contribution in [0.3, 0.4) is 0 Å². The maximum atomic E-state index is 12.1. The van der Waals surface area contributed by atoms with Gasteiger partial charge in [-0.15, -0.1) is 0 Å². The molecule has 0 spiro atoms. The van der Waals surface area contributed by atoms with E-state index in [1.54, 1.807) is 17.0 Å². The molecule has 6 nitrogen and oxygen atoms in total. The van der Waals surface area contributed by atoms with E-state index in [0.717, 1.165) is 0 Å². The number of nitrogens with zero attached hydrogens (tertiary/aromatic N) is 1. The van der Waals surface area contributed by atoms with Crippen LogP contribution in [-0.4, -0.2) is 51.8 Å².